The molecule has 0 aliphatic heterocycles. The fourth-order valence-electron chi connectivity index (χ4n) is 1.46. The Bertz CT molecular complexity index is 262. The summed E-state index contributed by atoms with van der Waals surface area (Å²) >= 11 is 0. The number of hydrogen-bond acceptors (Lipinski definition) is 2. The predicted molar refractivity (Wildman–Crippen MR) is 51.5 cm³/mol. The van der Waals surface area contributed by atoms with Gasteiger partial charge in [-0.15, -0.1) is 0 Å². The molecule has 1 aromatic carbocycles. The maximum Gasteiger partial charge on any atom is 1.00 e. The van der Waals surface area contributed by atoms with Gasteiger partial charge in [-0.1, -0.05) is 19.4 Å². The van der Waals surface area contributed by atoms with Gasteiger partial charge in [-0.3, -0.25) is 0 Å². The SMILES string of the molecule is COC(OC)c1c(C)c[c-]cc1C.[Li+]. The van der Waals surface area contributed by atoms with Gasteiger partial charge in [-0.25, -0.2) is 0 Å². The molecule has 2 nitrogen and oxygen atoms in total. The minimum Gasteiger partial charge on any atom is -0.354 e. The van der Waals surface area contributed by atoms with Crippen molar-refractivity contribution in [3.63, 3.8) is 0 Å². The zero-order valence-electron chi connectivity index (χ0n) is 9.55. The molecule has 0 aromatic heterocycles. The van der Waals surface area contributed by atoms with Crippen LogP contribution in [-0.2, 0) is 9.47 Å². The van der Waals surface area contributed by atoms with E-state index in [2.05, 4.69) is 6.07 Å². The minimum absolute atomic E-state index is 0. The van der Waals surface area contributed by atoms with Crippen LogP contribution in [0.1, 0.15) is 23.0 Å². The Balaban J connectivity index is 0.00000169. The molecule has 0 radical (unpaired) electrons. The van der Waals surface area contributed by atoms with Crippen LogP contribution < -0.4 is 18.9 Å². The van der Waals surface area contributed by atoms with Crippen LogP contribution in [-0.4, -0.2) is 14.2 Å². The molecular formula is C11H15LiO2. The molecule has 0 saturated heterocycles. The van der Waals surface area contributed by atoms with E-state index in [1.54, 1.807) is 14.2 Å². The van der Waals surface area contributed by atoms with Crippen LogP contribution in [0.15, 0.2) is 12.1 Å². The van der Waals surface area contributed by atoms with E-state index in [-0.39, 0.29) is 25.2 Å². The van der Waals surface area contributed by atoms with E-state index >= 15 is 0 Å². The fraction of sp³-hybridized carbons (Fsp3) is 0.455. The van der Waals surface area contributed by atoms with E-state index in [0.29, 0.717) is 0 Å². The zero-order chi connectivity index (χ0) is 9.84. The number of benzene rings is 1. The van der Waals surface area contributed by atoms with E-state index in [0.717, 1.165) is 16.7 Å². The van der Waals surface area contributed by atoms with Crippen molar-refractivity contribution in [2.24, 2.45) is 0 Å². The van der Waals surface area contributed by atoms with E-state index in [9.17, 15) is 0 Å². The Morgan fingerprint density at radius 2 is 1.50 bits per heavy atom. The van der Waals surface area contributed by atoms with Gasteiger partial charge in [-0.05, 0) is 0 Å². The molecule has 0 saturated carbocycles. The first kappa shape index (κ1) is 13.7. The third kappa shape index (κ3) is 2.86. The standard InChI is InChI=1S/C11H15O2.Li/c1-8-6-5-7-9(2)10(8)11(12-3)13-4;/h6-7,11H,1-4H3;/q-1;+1. The van der Waals surface area contributed by atoms with E-state index in [4.69, 9.17) is 9.47 Å². The third-order valence-electron chi connectivity index (χ3n) is 2.11. The van der Waals surface area contributed by atoms with E-state index in [1.165, 1.54) is 0 Å². The molecule has 0 N–H and O–H groups in total. The van der Waals surface area contributed by atoms with Gasteiger partial charge in [0, 0.05) is 14.2 Å². The number of ether oxygens (including phenoxy) is 2. The summed E-state index contributed by atoms with van der Waals surface area (Å²) < 4.78 is 10.4. The van der Waals surface area contributed by atoms with Gasteiger partial charge < -0.3 is 9.47 Å². The topological polar surface area (TPSA) is 18.5 Å². The second kappa shape index (κ2) is 6.26. The molecule has 3 heteroatoms. The summed E-state index contributed by atoms with van der Waals surface area (Å²) in [5, 5.41) is 0. The summed E-state index contributed by atoms with van der Waals surface area (Å²) in [5.74, 6) is 0. The van der Waals surface area contributed by atoms with Crippen molar-refractivity contribution < 1.29 is 28.3 Å². The first-order valence-corrected chi connectivity index (χ1v) is 4.23. The largest absolute Gasteiger partial charge is 1.00 e. The van der Waals surface area contributed by atoms with Crippen LogP contribution in [0.25, 0.3) is 0 Å². The number of aryl methyl sites for hydroxylation is 2. The average Bonchev–Trinajstić information content (AvgIpc) is 2.11. The Labute approximate surface area is 97.8 Å². The predicted octanol–water partition coefficient (Wildman–Crippen LogP) is -0.601. The number of methoxy groups -OCH3 is 2. The molecule has 0 aliphatic rings. The summed E-state index contributed by atoms with van der Waals surface area (Å²) in [6, 6.07) is 6.94. The van der Waals surface area contributed by atoms with Crippen molar-refractivity contribution in [2.45, 2.75) is 20.1 Å². The molecule has 14 heavy (non-hydrogen) atoms. The second-order valence-corrected chi connectivity index (χ2v) is 3.04. The summed E-state index contributed by atoms with van der Waals surface area (Å²) in [6.45, 7) is 4.06. The molecule has 0 atom stereocenters. The Morgan fingerprint density at radius 1 is 1.07 bits per heavy atom. The van der Waals surface area contributed by atoms with Gasteiger partial charge >= 0.3 is 18.9 Å². The maximum absolute atomic E-state index is 5.21. The first-order valence-electron chi connectivity index (χ1n) is 4.23. The Hall–Kier alpha value is -0.263. The van der Waals surface area contributed by atoms with E-state index < -0.39 is 0 Å². The summed E-state index contributed by atoms with van der Waals surface area (Å²) in [5.41, 5.74) is 3.39. The van der Waals surface area contributed by atoms with E-state index in [1.807, 2.05) is 26.0 Å². The van der Waals surface area contributed by atoms with Crippen molar-refractivity contribution in [3.8, 4) is 0 Å². The normalized spacial score (nSPS) is 10.1. The van der Waals surface area contributed by atoms with Crippen LogP contribution in [0, 0.1) is 19.9 Å². The maximum atomic E-state index is 5.21. The van der Waals surface area contributed by atoms with Gasteiger partial charge in [0.25, 0.3) is 0 Å². The molecule has 0 heterocycles. The van der Waals surface area contributed by atoms with Crippen LogP contribution in [0.2, 0.25) is 0 Å². The second-order valence-electron chi connectivity index (χ2n) is 3.04. The smallest absolute Gasteiger partial charge is 0.354 e. The molecule has 1 rings (SSSR count). The average molecular weight is 186 g/mol. The number of hydrogen-bond donors (Lipinski definition) is 0. The zero-order valence-corrected chi connectivity index (χ0v) is 9.55. The minimum atomic E-state index is -0.269. The van der Waals surface area contributed by atoms with Crippen LogP contribution in [0.3, 0.4) is 0 Å². The monoisotopic (exact) mass is 186 g/mol. The molecule has 0 unspecified atom stereocenters. The number of rotatable bonds is 3. The third-order valence-corrected chi connectivity index (χ3v) is 2.11. The van der Waals surface area contributed by atoms with Crippen molar-refractivity contribution >= 4 is 0 Å². The van der Waals surface area contributed by atoms with Crippen LogP contribution in [0.5, 0.6) is 0 Å². The van der Waals surface area contributed by atoms with Gasteiger partial charge in [0.1, 0.15) is 0 Å². The van der Waals surface area contributed by atoms with Crippen LogP contribution in [0.4, 0.5) is 0 Å². The molecule has 72 valence electrons. The summed E-state index contributed by atoms with van der Waals surface area (Å²) in [7, 11) is 3.29. The molecule has 0 spiro atoms. The molecule has 0 bridgehead atoms. The fourth-order valence-corrected chi connectivity index (χ4v) is 1.46. The summed E-state index contributed by atoms with van der Waals surface area (Å²) in [4.78, 5) is 0. The molecule has 0 fully saturated rings. The van der Waals surface area contributed by atoms with Gasteiger partial charge in [0.15, 0.2) is 6.29 Å². The van der Waals surface area contributed by atoms with Crippen molar-refractivity contribution in [1.29, 1.82) is 0 Å². The van der Waals surface area contributed by atoms with Crippen molar-refractivity contribution in [1.82, 2.24) is 0 Å². The van der Waals surface area contributed by atoms with Gasteiger partial charge in [0.2, 0.25) is 0 Å². The van der Waals surface area contributed by atoms with Gasteiger partial charge in [0.05, 0.1) is 0 Å². The van der Waals surface area contributed by atoms with Crippen LogP contribution >= 0.6 is 0 Å². The Morgan fingerprint density at radius 3 is 1.86 bits per heavy atom. The van der Waals surface area contributed by atoms with Gasteiger partial charge in [-0.2, -0.15) is 29.3 Å². The molecule has 1 aromatic rings. The van der Waals surface area contributed by atoms with Crippen molar-refractivity contribution in [3.05, 3.63) is 34.9 Å². The quantitative estimate of drug-likeness (QED) is 0.356. The summed E-state index contributed by atoms with van der Waals surface area (Å²) in [6.07, 6.45) is -0.269. The molecule has 0 amide bonds. The first-order chi connectivity index (χ1) is 6.20. The Kier molecular flexibility index (Phi) is 6.15. The molecule has 0 aliphatic carbocycles. The van der Waals surface area contributed by atoms with Crippen molar-refractivity contribution in [2.75, 3.05) is 14.2 Å². The molecular weight excluding hydrogens is 171 g/mol.